The fraction of sp³-hybridized carbons (Fsp3) is 0. The predicted octanol–water partition coefficient (Wildman–Crippen LogP) is 15.2. The maximum atomic E-state index is 6.17. The molecule has 0 saturated heterocycles. The number of benzene rings is 9. The van der Waals surface area contributed by atoms with Gasteiger partial charge in [-0.15, -0.1) is 0 Å². The van der Waals surface area contributed by atoms with Crippen molar-refractivity contribution in [1.82, 2.24) is 19.1 Å². The summed E-state index contributed by atoms with van der Waals surface area (Å²) >= 11 is 0. The van der Waals surface area contributed by atoms with E-state index in [1.165, 1.54) is 21.5 Å². The van der Waals surface area contributed by atoms with Gasteiger partial charge in [-0.1, -0.05) is 146 Å². The van der Waals surface area contributed by atoms with Crippen LogP contribution in [0.25, 0.3) is 122 Å². The van der Waals surface area contributed by atoms with Crippen molar-refractivity contribution in [3.05, 3.63) is 218 Å². The van der Waals surface area contributed by atoms with Gasteiger partial charge < -0.3 is 13.6 Å². The average Bonchev–Trinajstić information content (AvgIpc) is 4.02. The molecule has 13 aromatic rings. The number of aromatic nitrogens is 4. The molecule has 0 aliphatic rings. The maximum Gasteiger partial charge on any atom is 0.160 e. The van der Waals surface area contributed by atoms with Crippen LogP contribution < -0.4 is 0 Å². The molecule has 0 radical (unpaired) electrons. The Balaban J connectivity index is 1.05. The Morgan fingerprint density at radius 3 is 1.35 bits per heavy atom. The van der Waals surface area contributed by atoms with E-state index in [4.69, 9.17) is 14.4 Å². The van der Waals surface area contributed by atoms with E-state index in [9.17, 15) is 0 Å². The van der Waals surface area contributed by atoms with Gasteiger partial charge in [-0.25, -0.2) is 9.97 Å². The highest BCUT2D eigenvalue weighted by molar-refractivity contribution is 6.11. The zero-order chi connectivity index (χ0) is 41.4. The molecule has 63 heavy (non-hydrogen) atoms. The van der Waals surface area contributed by atoms with Crippen molar-refractivity contribution >= 4 is 65.6 Å². The molecular formula is C58H36N4O. The fourth-order valence-corrected chi connectivity index (χ4v) is 9.63. The molecule has 0 bridgehead atoms. The largest absolute Gasteiger partial charge is 0.456 e. The fourth-order valence-electron chi connectivity index (χ4n) is 9.63. The molecule has 0 saturated carbocycles. The Bertz CT molecular complexity index is 3690. The Morgan fingerprint density at radius 2 is 0.746 bits per heavy atom. The molecule has 5 nitrogen and oxygen atoms in total. The minimum Gasteiger partial charge on any atom is -0.456 e. The molecular weight excluding hydrogens is 769 g/mol. The number of hydrogen-bond donors (Lipinski definition) is 0. The first-order valence-corrected chi connectivity index (χ1v) is 21.3. The van der Waals surface area contributed by atoms with Gasteiger partial charge in [0, 0.05) is 60.4 Å². The second kappa shape index (κ2) is 14.0. The van der Waals surface area contributed by atoms with Crippen LogP contribution in [0.1, 0.15) is 0 Å². The smallest absolute Gasteiger partial charge is 0.160 e. The number of furan rings is 1. The third-order valence-corrected chi connectivity index (χ3v) is 12.5. The number of nitrogens with zero attached hydrogens (tertiary/aromatic N) is 4. The van der Waals surface area contributed by atoms with Gasteiger partial charge in [0.05, 0.1) is 33.5 Å². The first-order valence-electron chi connectivity index (χ1n) is 21.3. The van der Waals surface area contributed by atoms with Gasteiger partial charge in [0.25, 0.3) is 0 Å². The van der Waals surface area contributed by atoms with Crippen LogP contribution >= 0.6 is 0 Å². The molecule has 4 heterocycles. The topological polar surface area (TPSA) is 48.8 Å². The summed E-state index contributed by atoms with van der Waals surface area (Å²) in [4.78, 5) is 10.8. The van der Waals surface area contributed by atoms with Crippen molar-refractivity contribution < 1.29 is 4.42 Å². The highest BCUT2D eigenvalue weighted by Gasteiger charge is 2.19. The van der Waals surface area contributed by atoms with Crippen LogP contribution in [0.4, 0.5) is 0 Å². The molecule has 0 atom stereocenters. The van der Waals surface area contributed by atoms with E-state index < -0.39 is 0 Å². The minimum atomic E-state index is 0.656. The van der Waals surface area contributed by atoms with Gasteiger partial charge in [-0.2, -0.15) is 0 Å². The summed E-state index contributed by atoms with van der Waals surface area (Å²) < 4.78 is 11.0. The summed E-state index contributed by atoms with van der Waals surface area (Å²) in [6, 6.07) is 77.4. The van der Waals surface area contributed by atoms with E-state index >= 15 is 0 Å². The van der Waals surface area contributed by atoms with Crippen molar-refractivity contribution in [3.8, 4) is 56.4 Å². The lowest BCUT2D eigenvalue weighted by atomic mass is 10.00. The summed E-state index contributed by atoms with van der Waals surface area (Å²) in [6.45, 7) is 0. The standard InChI is InChI=1S/C58H36N4O/c1-2-15-37(16-3-1)50-36-51(60-58(59-50)40-18-14-17-38(31-40)39-29-30-57-49(34-39)48-23-8-13-28-56(48)63-57)41-32-42(61-52-24-9-4-19-44(52)45-20-5-10-25-53(45)61)35-43(33-41)62-54-26-11-6-21-46(54)47-22-7-12-27-55(47)62/h1-36H. The second-order valence-corrected chi connectivity index (χ2v) is 16.2. The SMILES string of the molecule is c1ccc(-c2cc(-c3cc(-n4c5ccccc5c5ccccc54)cc(-n4c5ccccc5c5ccccc54)c3)nc(-c3cccc(-c4ccc5oc6ccccc6c5c4)c3)n2)cc1. The van der Waals surface area contributed by atoms with Crippen LogP contribution in [0.2, 0.25) is 0 Å². The lowest BCUT2D eigenvalue weighted by molar-refractivity contribution is 0.669. The third-order valence-electron chi connectivity index (χ3n) is 12.5. The quantitative estimate of drug-likeness (QED) is 0.168. The molecule has 0 N–H and O–H groups in total. The molecule has 5 heteroatoms. The van der Waals surface area contributed by atoms with E-state index in [0.717, 1.165) is 94.6 Å². The van der Waals surface area contributed by atoms with E-state index in [-0.39, 0.29) is 0 Å². The van der Waals surface area contributed by atoms with E-state index in [0.29, 0.717) is 5.82 Å². The van der Waals surface area contributed by atoms with Crippen molar-refractivity contribution in [1.29, 1.82) is 0 Å². The minimum absolute atomic E-state index is 0.656. The molecule has 0 aliphatic carbocycles. The third kappa shape index (κ3) is 5.71. The van der Waals surface area contributed by atoms with Crippen LogP contribution in [0.15, 0.2) is 223 Å². The highest BCUT2D eigenvalue weighted by atomic mass is 16.3. The molecule has 0 unspecified atom stereocenters. The van der Waals surface area contributed by atoms with Gasteiger partial charge in [0.15, 0.2) is 5.82 Å². The van der Waals surface area contributed by atoms with Gasteiger partial charge in [0.1, 0.15) is 11.2 Å². The first-order chi connectivity index (χ1) is 31.2. The average molecular weight is 805 g/mol. The van der Waals surface area contributed by atoms with Crippen LogP contribution in [0.3, 0.4) is 0 Å². The maximum absolute atomic E-state index is 6.17. The summed E-state index contributed by atoms with van der Waals surface area (Å²) in [7, 11) is 0. The number of rotatable bonds is 6. The Hall–Kier alpha value is -8.54. The molecule has 0 fully saturated rings. The summed E-state index contributed by atoms with van der Waals surface area (Å²) in [5, 5.41) is 7.07. The monoisotopic (exact) mass is 804 g/mol. The molecule has 4 aromatic heterocycles. The lowest BCUT2D eigenvalue weighted by Gasteiger charge is -2.16. The van der Waals surface area contributed by atoms with Crippen molar-refractivity contribution in [2.75, 3.05) is 0 Å². The number of fused-ring (bicyclic) bond motifs is 9. The van der Waals surface area contributed by atoms with E-state index in [1.54, 1.807) is 0 Å². The van der Waals surface area contributed by atoms with Crippen LogP contribution in [-0.4, -0.2) is 19.1 Å². The van der Waals surface area contributed by atoms with Gasteiger partial charge >= 0.3 is 0 Å². The van der Waals surface area contributed by atoms with E-state index in [1.807, 2.05) is 18.2 Å². The van der Waals surface area contributed by atoms with Crippen LogP contribution in [-0.2, 0) is 0 Å². The molecule has 13 rings (SSSR count). The lowest BCUT2D eigenvalue weighted by Crippen LogP contribution is -2.01. The Morgan fingerprint density at radius 1 is 0.286 bits per heavy atom. The predicted molar refractivity (Wildman–Crippen MR) is 260 cm³/mol. The molecule has 0 aliphatic heterocycles. The van der Waals surface area contributed by atoms with Crippen molar-refractivity contribution in [2.45, 2.75) is 0 Å². The normalized spacial score (nSPS) is 11.8. The zero-order valence-electron chi connectivity index (χ0n) is 34.0. The summed E-state index contributed by atoms with van der Waals surface area (Å²) in [5.74, 6) is 0.656. The summed E-state index contributed by atoms with van der Waals surface area (Å²) in [5.41, 5.74) is 15.3. The summed E-state index contributed by atoms with van der Waals surface area (Å²) in [6.07, 6.45) is 0. The molecule has 0 spiro atoms. The second-order valence-electron chi connectivity index (χ2n) is 16.2. The number of hydrogen-bond acceptors (Lipinski definition) is 3. The van der Waals surface area contributed by atoms with Crippen molar-refractivity contribution in [2.24, 2.45) is 0 Å². The Labute approximate surface area is 362 Å². The van der Waals surface area contributed by atoms with Crippen LogP contribution in [0, 0.1) is 0 Å². The van der Waals surface area contributed by atoms with E-state index in [2.05, 4.69) is 209 Å². The number of para-hydroxylation sites is 5. The zero-order valence-corrected chi connectivity index (χ0v) is 34.0. The van der Waals surface area contributed by atoms with Gasteiger partial charge in [-0.3, -0.25) is 0 Å². The van der Waals surface area contributed by atoms with Crippen LogP contribution in [0.5, 0.6) is 0 Å². The molecule has 0 amide bonds. The first kappa shape index (κ1) is 35.2. The van der Waals surface area contributed by atoms with Crippen molar-refractivity contribution in [3.63, 3.8) is 0 Å². The van der Waals surface area contributed by atoms with Gasteiger partial charge in [-0.05, 0) is 83.9 Å². The molecule has 9 aromatic carbocycles. The van der Waals surface area contributed by atoms with Gasteiger partial charge in [0.2, 0.25) is 0 Å². The molecule has 294 valence electrons. The highest BCUT2D eigenvalue weighted by Crippen LogP contribution is 2.39. The Kier molecular flexibility index (Phi) is 7.84.